The van der Waals surface area contributed by atoms with Crippen molar-refractivity contribution in [2.45, 2.75) is 38.5 Å². The first kappa shape index (κ1) is 12.9. The van der Waals surface area contributed by atoms with Gasteiger partial charge >= 0.3 is 0 Å². The average molecular weight is 252 g/mol. The lowest BCUT2D eigenvalue weighted by molar-refractivity contribution is 0.171. The van der Waals surface area contributed by atoms with Gasteiger partial charge < -0.3 is 15.4 Å². The third-order valence-electron chi connectivity index (χ3n) is 5.64. The SMILES string of the molecule is COCCC1(CNCC2CC23CCNCC3)CC1. The van der Waals surface area contributed by atoms with E-state index in [0.717, 1.165) is 17.9 Å². The van der Waals surface area contributed by atoms with Crippen molar-refractivity contribution in [3.05, 3.63) is 0 Å². The smallest absolute Gasteiger partial charge is 0.0468 e. The first-order valence-electron chi connectivity index (χ1n) is 7.69. The van der Waals surface area contributed by atoms with Crippen LogP contribution >= 0.6 is 0 Å². The zero-order valence-electron chi connectivity index (χ0n) is 11.8. The van der Waals surface area contributed by atoms with Gasteiger partial charge in [0.1, 0.15) is 0 Å². The Balaban J connectivity index is 1.34. The van der Waals surface area contributed by atoms with Gasteiger partial charge in [0, 0.05) is 20.3 Å². The van der Waals surface area contributed by atoms with Crippen molar-refractivity contribution in [2.75, 3.05) is 39.9 Å². The molecule has 0 aromatic carbocycles. The normalized spacial score (nSPS) is 31.5. The molecule has 0 bridgehead atoms. The van der Waals surface area contributed by atoms with E-state index in [0.29, 0.717) is 5.41 Å². The van der Waals surface area contributed by atoms with Crippen molar-refractivity contribution in [3.8, 4) is 0 Å². The Hall–Kier alpha value is -0.120. The summed E-state index contributed by atoms with van der Waals surface area (Å²) in [6.45, 7) is 5.90. The summed E-state index contributed by atoms with van der Waals surface area (Å²) in [6.07, 6.45) is 8.36. The second-order valence-electron chi connectivity index (χ2n) is 6.89. The van der Waals surface area contributed by atoms with Crippen LogP contribution in [-0.2, 0) is 4.74 Å². The minimum atomic E-state index is 0.603. The van der Waals surface area contributed by atoms with E-state index in [1.54, 1.807) is 0 Å². The van der Waals surface area contributed by atoms with E-state index in [4.69, 9.17) is 4.74 Å². The summed E-state index contributed by atoms with van der Waals surface area (Å²) in [6, 6.07) is 0. The van der Waals surface area contributed by atoms with Gasteiger partial charge in [-0.2, -0.15) is 0 Å². The zero-order chi connectivity index (χ0) is 12.5. The molecule has 3 aliphatic rings. The van der Waals surface area contributed by atoms with Crippen molar-refractivity contribution in [2.24, 2.45) is 16.7 Å². The van der Waals surface area contributed by atoms with Gasteiger partial charge in [0.15, 0.2) is 0 Å². The Morgan fingerprint density at radius 3 is 2.67 bits per heavy atom. The molecule has 1 aliphatic heterocycles. The maximum absolute atomic E-state index is 5.21. The first-order chi connectivity index (χ1) is 8.79. The molecule has 2 saturated carbocycles. The zero-order valence-corrected chi connectivity index (χ0v) is 11.8. The van der Waals surface area contributed by atoms with Crippen LogP contribution in [0.4, 0.5) is 0 Å². The molecule has 18 heavy (non-hydrogen) atoms. The molecule has 1 unspecified atom stereocenters. The molecule has 3 rings (SSSR count). The van der Waals surface area contributed by atoms with E-state index in [-0.39, 0.29) is 0 Å². The Morgan fingerprint density at radius 1 is 1.22 bits per heavy atom. The number of nitrogens with one attached hydrogen (secondary N) is 2. The van der Waals surface area contributed by atoms with Crippen molar-refractivity contribution in [3.63, 3.8) is 0 Å². The lowest BCUT2D eigenvalue weighted by Gasteiger charge is -2.24. The summed E-state index contributed by atoms with van der Waals surface area (Å²) in [5.41, 5.74) is 1.34. The monoisotopic (exact) mass is 252 g/mol. The Bertz CT molecular complexity index is 282. The van der Waals surface area contributed by atoms with Gasteiger partial charge in [0.2, 0.25) is 0 Å². The van der Waals surface area contributed by atoms with E-state index in [1.807, 2.05) is 7.11 Å². The molecular weight excluding hydrogens is 224 g/mol. The van der Waals surface area contributed by atoms with Crippen LogP contribution in [0.1, 0.15) is 38.5 Å². The molecular formula is C15H28N2O. The van der Waals surface area contributed by atoms with Crippen LogP contribution in [0.2, 0.25) is 0 Å². The van der Waals surface area contributed by atoms with Crippen LogP contribution in [0.5, 0.6) is 0 Å². The van der Waals surface area contributed by atoms with E-state index < -0.39 is 0 Å². The van der Waals surface area contributed by atoms with Crippen LogP contribution in [-0.4, -0.2) is 39.9 Å². The van der Waals surface area contributed by atoms with Gasteiger partial charge in [0.25, 0.3) is 0 Å². The minimum absolute atomic E-state index is 0.603. The van der Waals surface area contributed by atoms with E-state index in [2.05, 4.69) is 10.6 Å². The standard InChI is InChI=1S/C15H28N2O/c1-18-9-6-14(2-3-14)12-17-11-13-10-15(13)4-7-16-8-5-15/h13,16-17H,2-12H2,1H3. The summed E-state index contributed by atoms with van der Waals surface area (Å²) >= 11 is 0. The van der Waals surface area contributed by atoms with Gasteiger partial charge in [-0.1, -0.05) is 0 Å². The number of piperidine rings is 1. The second-order valence-corrected chi connectivity index (χ2v) is 6.89. The Labute approximate surface area is 111 Å². The van der Waals surface area contributed by atoms with E-state index in [1.165, 1.54) is 64.7 Å². The van der Waals surface area contributed by atoms with Crippen LogP contribution in [0.15, 0.2) is 0 Å². The first-order valence-corrected chi connectivity index (χ1v) is 7.69. The molecule has 0 aromatic rings. The van der Waals surface area contributed by atoms with Crippen LogP contribution in [0.3, 0.4) is 0 Å². The molecule has 3 fully saturated rings. The lowest BCUT2D eigenvalue weighted by Crippen LogP contribution is -2.32. The number of hydrogen-bond donors (Lipinski definition) is 2. The fourth-order valence-corrected chi connectivity index (χ4v) is 3.78. The van der Waals surface area contributed by atoms with Gasteiger partial charge in [-0.3, -0.25) is 0 Å². The van der Waals surface area contributed by atoms with Crippen LogP contribution < -0.4 is 10.6 Å². The summed E-state index contributed by atoms with van der Waals surface area (Å²) in [4.78, 5) is 0. The van der Waals surface area contributed by atoms with E-state index >= 15 is 0 Å². The number of methoxy groups -OCH3 is 1. The van der Waals surface area contributed by atoms with Crippen LogP contribution in [0.25, 0.3) is 0 Å². The summed E-state index contributed by atoms with van der Waals surface area (Å²) in [5.74, 6) is 0.970. The quantitative estimate of drug-likeness (QED) is 0.724. The largest absolute Gasteiger partial charge is 0.385 e. The van der Waals surface area contributed by atoms with Crippen molar-refractivity contribution >= 4 is 0 Å². The molecule has 1 heterocycles. The van der Waals surface area contributed by atoms with E-state index in [9.17, 15) is 0 Å². The van der Waals surface area contributed by atoms with Gasteiger partial charge in [-0.15, -0.1) is 0 Å². The Kier molecular flexibility index (Phi) is 3.65. The topological polar surface area (TPSA) is 33.3 Å². The van der Waals surface area contributed by atoms with Crippen molar-refractivity contribution in [1.29, 1.82) is 0 Å². The molecule has 104 valence electrons. The maximum atomic E-state index is 5.21. The molecule has 2 aliphatic carbocycles. The predicted molar refractivity (Wildman–Crippen MR) is 73.7 cm³/mol. The van der Waals surface area contributed by atoms with Gasteiger partial charge in [0.05, 0.1) is 0 Å². The molecule has 2 N–H and O–H groups in total. The molecule has 1 saturated heterocycles. The highest BCUT2D eigenvalue weighted by Gasteiger charge is 2.53. The molecule has 3 heteroatoms. The highest BCUT2D eigenvalue weighted by molar-refractivity contribution is 5.05. The van der Waals surface area contributed by atoms with Gasteiger partial charge in [-0.05, 0) is 74.9 Å². The lowest BCUT2D eigenvalue weighted by atomic mass is 9.92. The average Bonchev–Trinajstić information content (AvgIpc) is 3.29. The summed E-state index contributed by atoms with van der Waals surface area (Å²) in [7, 11) is 1.81. The van der Waals surface area contributed by atoms with Crippen molar-refractivity contribution < 1.29 is 4.74 Å². The molecule has 1 atom stereocenters. The van der Waals surface area contributed by atoms with Crippen molar-refractivity contribution in [1.82, 2.24) is 10.6 Å². The summed E-state index contributed by atoms with van der Waals surface area (Å²) in [5, 5.41) is 7.23. The number of hydrogen-bond acceptors (Lipinski definition) is 3. The third kappa shape index (κ3) is 2.73. The molecule has 3 nitrogen and oxygen atoms in total. The third-order valence-corrected chi connectivity index (χ3v) is 5.64. The van der Waals surface area contributed by atoms with Gasteiger partial charge in [-0.25, -0.2) is 0 Å². The highest BCUT2D eigenvalue weighted by Crippen LogP contribution is 2.58. The number of ether oxygens (including phenoxy) is 1. The predicted octanol–water partition coefficient (Wildman–Crippen LogP) is 1.78. The summed E-state index contributed by atoms with van der Waals surface area (Å²) < 4.78 is 5.21. The number of rotatable bonds is 7. The molecule has 0 amide bonds. The fourth-order valence-electron chi connectivity index (χ4n) is 3.78. The molecule has 0 aromatic heterocycles. The highest BCUT2D eigenvalue weighted by atomic mass is 16.5. The minimum Gasteiger partial charge on any atom is -0.385 e. The fraction of sp³-hybridized carbons (Fsp3) is 1.00. The molecule has 1 spiro atoms. The second kappa shape index (κ2) is 5.10. The molecule has 0 radical (unpaired) electrons. The maximum Gasteiger partial charge on any atom is 0.0468 e. The van der Waals surface area contributed by atoms with Crippen LogP contribution in [0, 0.1) is 16.7 Å². The Morgan fingerprint density at radius 2 is 2.00 bits per heavy atom.